The molecule has 1 N–H and O–H groups in total. The van der Waals surface area contributed by atoms with E-state index in [1.54, 1.807) is 27.7 Å². The summed E-state index contributed by atoms with van der Waals surface area (Å²) in [5, 5.41) is 10.8. The van der Waals surface area contributed by atoms with Gasteiger partial charge in [-0.2, -0.15) is 0 Å². The van der Waals surface area contributed by atoms with Crippen molar-refractivity contribution < 1.29 is 43.2 Å². The molecule has 1 aromatic carbocycles. The molecule has 0 bridgehead atoms. The molecule has 1 aromatic rings. The lowest BCUT2D eigenvalue weighted by Crippen LogP contribution is -2.37. The Kier molecular flexibility index (Phi) is 11.5. The van der Waals surface area contributed by atoms with Crippen molar-refractivity contribution in [3.63, 3.8) is 0 Å². The van der Waals surface area contributed by atoms with Crippen molar-refractivity contribution >= 4 is 85.7 Å². The van der Waals surface area contributed by atoms with Crippen LogP contribution in [0.3, 0.4) is 0 Å². The first-order chi connectivity index (χ1) is 15.8. The molecule has 0 radical (unpaired) electrons. The minimum absolute atomic E-state index is 0.130. The number of esters is 3. The Morgan fingerprint density at radius 2 is 1.65 bits per heavy atom. The quantitative estimate of drug-likeness (QED) is 0.215. The highest BCUT2D eigenvalue weighted by Gasteiger charge is 2.49. The van der Waals surface area contributed by atoms with Crippen molar-refractivity contribution in [2.24, 2.45) is 11.8 Å². The van der Waals surface area contributed by atoms with E-state index in [1.807, 2.05) is 12.1 Å². The van der Waals surface area contributed by atoms with Gasteiger partial charge < -0.3 is 28.8 Å². The fourth-order valence-corrected chi connectivity index (χ4v) is 6.75. The fraction of sp³-hybridized carbons (Fsp3) is 0.591. The summed E-state index contributed by atoms with van der Waals surface area (Å²) in [5.74, 6) is -3.70. The molecule has 34 heavy (non-hydrogen) atoms. The maximum atomic E-state index is 12.3. The first-order valence-corrected chi connectivity index (χ1v) is 13.7. The smallest absolute Gasteiger partial charge is 0.344 e. The molecule has 9 nitrogen and oxygen atoms in total. The number of ether oxygens (including phenoxy) is 5. The molecule has 0 aromatic heterocycles. The van der Waals surface area contributed by atoms with E-state index < -0.39 is 48.4 Å². The molecule has 0 unspecified atom stereocenters. The van der Waals surface area contributed by atoms with Crippen molar-refractivity contribution in [1.82, 2.24) is 0 Å². The topological polar surface area (TPSA) is 118 Å². The number of rotatable bonds is 10. The van der Waals surface area contributed by atoms with Crippen LogP contribution in [0.2, 0.25) is 0 Å². The van der Waals surface area contributed by atoms with Crippen LogP contribution >= 0.6 is 67.8 Å². The van der Waals surface area contributed by atoms with Gasteiger partial charge in [0.15, 0.2) is 6.61 Å². The van der Waals surface area contributed by atoms with Crippen LogP contribution < -0.4 is 4.74 Å². The third kappa shape index (κ3) is 8.89. The summed E-state index contributed by atoms with van der Waals surface area (Å²) < 4.78 is 29.8. The van der Waals surface area contributed by atoms with Crippen LogP contribution in [-0.2, 0) is 33.3 Å². The van der Waals surface area contributed by atoms with Crippen molar-refractivity contribution in [2.75, 3.05) is 19.8 Å². The van der Waals surface area contributed by atoms with E-state index in [1.165, 1.54) is 0 Å². The Bertz CT molecular complexity index is 883. The minimum Gasteiger partial charge on any atom is -0.480 e. The summed E-state index contributed by atoms with van der Waals surface area (Å²) in [4.78, 5) is 36.2. The summed E-state index contributed by atoms with van der Waals surface area (Å²) in [6.45, 7) is 5.64. The van der Waals surface area contributed by atoms with Gasteiger partial charge in [0, 0.05) is 9.99 Å². The average Bonchev–Trinajstić information content (AvgIpc) is 3.05. The monoisotopic (exact) mass is 816 g/mol. The molecule has 1 heterocycles. The standard InChI is InChI=1S/C22H27I3O9/c1-11(2)20(27)32-10-22(29)7-16(33-21(28)12(3)4)17(34-22)8-30-18(26)9-31-19-14(24)5-13(23)6-15(19)25/h5-6,11-12,16-17,29H,7-10H2,1-4H3/t16-,17+,22-/m0/s1. The fourth-order valence-electron chi connectivity index (χ4n) is 2.85. The predicted octanol–water partition coefficient (Wildman–Crippen LogP) is 3.67. The molecule has 0 spiro atoms. The van der Waals surface area contributed by atoms with Crippen molar-refractivity contribution in [3.8, 4) is 5.75 Å². The number of carbonyl (C=O) groups is 3. The second-order valence-electron chi connectivity index (χ2n) is 8.37. The van der Waals surface area contributed by atoms with Crippen LogP contribution in [0.4, 0.5) is 0 Å². The average molecular weight is 816 g/mol. The second kappa shape index (κ2) is 13.2. The Morgan fingerprint density at radius 3 is 2.21 bits per heavy atom. The highest BCUT2D eigenvalue weighted by Crippen LogP contribution is 2.32. The van der Waals surface area contributed by atoms with E-state index >= 15 is 0 Å². The lowest BCUT2D eigenvalue weighted by molar-refractivity contribution is -0.228. The molecule has 1 aliphatic rings. The number of carbonyl (C=O) groups excluding carboxylic acids is 3. The van der Waals surface area contributed by atoms with Crippen LogP contribution in [0.25, 0.3) is 0 Å². The van der Waals surface area contributed by atoms with Gasteiger partial charge >= 0.3 is 17.9 Å². The third-order valence-corrected chi connectivity index (χ3v) is 6.89. The molecule has 0 aliphatic carbocycles. The van der Waals surface area contributed by atoms with Crippen molar-refractivity contribution in [1.29, 1.82) is 0 Å². The Morgan fingerprint density at radius 1 is 1.06 bits per heavy atom. The van der Waals surface area contributed by atoms with Gasteiger partial charge in [-0.05, 0) is 79.9 Å². The molecule has 1 fully saturated rings. The first kappa shape index (κ1) is 29.8. The van der Waals surface area contributed by atoms with Gasteiger partial charge in [-0.25, -0.2) is 4.79 Å². The zero-order valence-corrected chi connectivity index (χ0v) is 25.6. The highest BCUT2D eigenvalue weighted by molar-refractivity contribution is 14.1. The number of halogens is 3. The molecule has 0 saturated carbocycles. The van der Waals surface area contributed by atoms with Crippen LogP contribution in [0, 0.1) is 22.5 Å². The molecule has 1 aliphatic heterocycles. The molecule has 1 saturated heterocycles. The normalized spacial score (nSPS) is 22.1. The maximum Gasteiger partial charge on any atom is 0.344 e. The summed E-state index contributed by atoms with van der Waals surface area (Å²) in [5.41, 5.74) is 0. The molecule has 0 amide bonds. The molecular formula is C22H27I3O9. The molecule has 2 rings (SSSR count). The lowest BCUT2D eigenvalue weighted by Gasteiger charge is -2.22. The second-order valence-corrected chi connectivity index (χ2v) is 11.9. The van der Waals surface area contributed by atoms with Crippen molar-refractivity contribution in [2.45, 2.75) is 52.1 Å². The first-order valence-electron chi connectivity index (χ1n) is 10.5. The Labute approximate surface area is 239 Å². The summed E-state index contributed by atoms with van der Waals surface area (Å²) in [7, 11) is 0. The largest absolute Gasteiger partial charge is 0.480 e. The van der Waals surface area contributed by atoms with E-state index in [-0.39, 0.29) is 25.6 Å². The van der Waals surface area contributed by atoms with Gasteiger partial charge in [0.1, 0.15) is 31.2 Å². The van der Waals surface area contributed by atoms with Gasteiger partial charge in [-0.15, -0.1) is 0 Å². The van der Waals surface area contributed by atoms with Gasteiger partial charge in [0.05, 0.1) is 19.0 Å². The minimum atomic E-state index is -1.87. The zero-order valence-electron chi connectivity index (χ0n) is 19.1. The summed E-state index contributed by atoms with van der Waals surface area (Å²) in [6, 6.07) is 3.86. The predicted molar refractivity (Wildman–Crippen MR) is 146 cm³/mol. The molecular weight excluding hydrogens is 789 g/mol. The molecule has 12 heteroatoms. The van der Waals surface area contributed by atoms with E-state index in [9.17, 15) is 19.5 Å². The van der Waals surface area contributed by atoms with Crippen LogP contribution in [0.5, 0.6) is 5.75 Å². The molecule has 3 atom stereocenters. The summed E-state index contributed by atoms with van der Waals surface area (Å²) in [6.07, 6.45) is -1.95. The van der Waals surface area contributed by atoms with Gasteiger partial charge in [0.25, 0.3) is 0 Å². The molecule has 190 valence electrons. The third-order valence-electron chi connectivity index (χ3n) is 4.66. The lowest BCUT2D eigenvalue weighted by atomic mass is 10.1. The summed E-state index contributed by atoms with van der Waals surface area (Å²) >= 11 is 6.46. The number of hydrogen-bond acceptors (Lipinski definition) is 9. The number of benzene rings is 1. The van der Waals surface area contributed by atoms with E-state index in [0.29, 0.717) is 5.75 Å². The van der Waals surface area contributed by atoms with Crippen LogP contribution in [0.15, 0.2) is 12.1 Å². The SMILES string of the molecule is CC(C)C(=O)OC[C@]1(O)C[C@H](OC(=O)C(C)C)[C@@H](COC(=O)COc2c(I)cc(I)cc2I)O1. The van der Waals surface area contributed by atoms with Gasteiger partial charge in [-0.3, -0.25) is 9.59 Å². The number of aliphatic hydroxyl groups is 1. The Balaban J connectivity index is 1.98. The van der Waals surface area contributed by atoms with Crippen molar-refractivity contribution in [3.05, 3.63) is 22.8 Å². The van der Waals surface area contributed by atoms with Crippen LogP contribution in [0.1, 0.15) is 34.1 Å². The highest BCUT2D eigenvalue weighted by atomic mass is 127. The maximum absolute atomic E-state index is 12.3. The van der Waals surface area contributed by atoms with Crippen LogP contribution in [-0.4, -0.2) is 60.8 Å². The number of hydrogen-bond donors (Lipinski definition) is 1. The zero-order chi connectivity index (χ0) is 25.6. The van der Waals surface area contributed by atoms with Gasteiger partial charge in [-0.1, -0.05) is 27.7 Å². The van der Waals surface area contributed by atoms with Gasteiger partial charge in [0.2, 0.25) is 5.79 Å². The van der Waals surface area contributed by atoms with E-state index in [0.717, 1.165) is 10.7 Å². The van der Waals surface area contributed by atoms with E-state index in [2.05, 4.69) is 67.8 Å². The Hall–Kier alpha value is -0.460. The van der Waals surface area contributed by atoms with E-state index in [4.69, 9.17) is 23.7 Å².